The van der Waals surface area contributed by atoms with Gasteiger partial charge in [0.05, 0.1) is 0 Å². The zero-order valence-corrected chi connectivity index (χ0v) is 13.9. The predicted molar refractivity (Wildman–Crippen MR) is 84.8 cm³/mol. The van der Waals surface area contributed by atoms with Gasteiger partial charge in [0.25, 0.3) is 0 Å². The van der Waals surface area contributed by atoms with Gasteiger partial charge in [0.15, 0.2) is 0 Å². The second-order valence-corrected chi connectivity index (χ2v) is 8.81. The molecular formula is C19H27NO2. The second-order valence-electron chi connectivity index (χ2n) is 8.81. The van der Waals surface area contributed by atoms with Gasteiger partial charge in [0.1, 0.15) is 5.78 Å². The highest BCUT2D eigenvalue weighted by molar-refractivity contribution is 5.82. The van der Waals surface area contributed by atoms with Crippen molar-refractivity contribution in [1.82, 2.24) is 5.32 Å². The average molecular weight is 301 g/mol. The number of hydrogen-bond donors (Lipinski definition) is 1. The number of ketones is 1. The van der Waals surface area contributed by atoms with Crippen molar-refractivity contribution in [2.24, 2.45) is 34.5 Å². The van der Waals surface area contributed by atoms with E-state index in [1.165, 1.54) is 18.5 Å². The van der Waals surface area contributed by atoms with Gasteiger partial charge < -0.3 is 5.32 Å². The molecule has 1 amide bonds. The van der Waals surface area contributed by atoms with E-state index in [9.17, 15) is 9.59 Å². The third-order valence-corrected chi connectivity index (χ3v) is 7.52. The maximum atomic E-state index is 12.1. The van der Waals surface area contributed by atoms with Gasteiger partial charge in [-0.3, -0.25) is 9.59 Å². The van der Waals surface area contributed by atoms with Gasteiger partial charge >= 0.3 is 0 Å². The van der Waals surface area contributed by atoms with E-state index in [1.807, 2.05) is 0 Å². The molecule has 3 aliphatic carbocycles. The van der Waals surface area contributed by atoms with Crippen molar-refractivity contribution in [3.05, 3.63) is 11.8 Å². The number of rotatable bonds is 0. The summed E-state index contributed by atoms with van der Waals surface area (Å²) < 4.78 is 0. The van der Waals surface area contributed by atoms with Crippen LogP contribution in [0.4, 0.5) is 0 Å². The molecule has 1 aliphatic heterocycles. The van der Waals surface area contributed by atoms with Gasteiger partial charge in [-0.25, -0.2) is 0 Å². The highest BCUT2D eigenvalue weighted by Gasteiger charge is 2.59. The summed E-state index contributed by atoms with van der Waals surface area (Å²) in [5.41, 5.74) is 1.51. The van der Waals surface area contributed by atoms with Crippen molar-refractivity contribution in [2.75, 3.05) is 0 Å². The van der Waals surface area contributed by atoms with Gasteiger partial charge in [-0.1, -0.05) is 26.8 Å². The number of nitrogens with one attached hydrogen (secondary N) is 1. The average Bonchev–Trinajstić information content (AvgIpc) is 2.75. The molecule has 22 heavy (non-hydrogen) atoms. The Labute approximate surface area is 132 Å². The summed E-state index contributed by atoms with van der Waals surface area (Å²) in [5, 5.41) is 3.16. The minimum absolute atomic E-state index is 0.109. The van der Waals surface area contributed by atoms with Crippen LogP contribution in [0.1, 0.15) is 59.3 Å². The fraction of sp³-hybridized carbons (Fsp3) is 0.789. The van der Waals surface area contributed by atoms with E-state index in [0.29, 0.717) is 35.9 Å². The summed E-state index contributed by atoms with van der Waals surface area (Å²) in [6.07, 6.45) is 7.88. The highest BCUT2D eigenvalue weighted by Crippen LogP contribution is 2.64. The molecule has 1 saturated heterocycles. The van der Waals surface area contributed by atoms with Crippen molar-refractivity contribution in [3.8, 4) is 0 Å². The lowest BCUT2D eigenvalue weighted by Crippen LogP contribution is -2.54. The van der Waals surface area contributed by atoms with Crippen LogP contribution in [0.3, 0.4) is 0 Å². The van der Waals surface area contributed by atoms with E-state index >= 15 is 0 Å². The fourth-order valence-electron chi connectivity index (χ4n) is 6.31. The van der Waals surface area contributed by atoms with Gasteiger partial charge in [-0.15, -0.1) is 0 Å². The number of Topliss-reactive ketones (excluding diaryl/α,β-unsaturated/α-hetero) is 1. The van der Waals surface area contributed by atoms with E-state index in [0.717, 1.165) is 19.3 Å². The minimum Gasteiger partial charge on any atom is -0.330 e. The van der Waals surface area contributed by atoms with E-state index < -0.39 is 0 Å². The molecule has 1 heterocycles. The van der Waals surface area contributed by atoms with Crippen LogP contribution in [0, 0.1) is 34.5 Å². The summed E-state index contributed by atoms with van der Waals surface area (Å²) in [6.45, 7) is 6.98. The SMILES string of the molecule is CC1C=C2NC(=O)CCC2(C)C2CCC3(C)CC(=O)CC3C12. The number of amides is 1. The Hall–Kier alpha value is -1.12. The predicted octanol–water partition coefficient (Wildman–Crippen LogP) is 3.45. The van der Waals surface area contributed by atoms with Crippen molar-refractivity contribution in [1.29, 1.82) is 0 Å². The Morgan fingerprint density at radius 2 is 1.95 bits per heavy atom. The van der Waals surface area contributed by atoms with E-state index in [1.54, 1.807) is 0 Å². The van der Waals surface area contributed by atoms with Gasteiger partial charge in [-0.2, -0.15) is 0 Å². The number of carbonyl (C=O) groups is 2. The van der Waals surface area contributed by atoms with Crippen LogP contribution in [0.25, 0.3) is 0 Å². The first-order valence-corrected chi connectivity index (χ1v) is 8.87. The quantitative estimate of drug-likeness (QED) is 0.745. The number of carbonyl (C=O) groups excluding carboxylic acids is 2. The van der Waals surface area contributed by atoms with Crippen molar-refractivity contribution in [2.45, 2.75) is 59.3 Å². The molecule has 0 bridgehead atoms. The molecule has 1 N–H and O–H groups in total. The maximum absolute atomic E-state index is 12.1. The van der Waals surface area contributed by atoms with Crippen LogP contribution in [-0.2, 0) is 9.59 Å². The first kappa shape index (κ1) is 14.5. The number of fused-ring (bicyclic) bond motifs is 5. The zero-order chi connectivity index (χ0) is 15.7. The Balaban J connectivity index is 1.75. The largest absolute Gasteiger partial charge is 0.330 e. The Kier molecular flexibility index (Phi) is 2.93. The third-order valence-electron chi connectivity index (χ3n) is 7.52. The lowest BCUT2D eigenvalue weighted by molar-refractivity contribution is -0.125. The third kappa shape index (κ3) is 1.80. The highest BCUT2D eigenvalue weighted by atomic mass is 16.1. The molecule has 4 aliphatic rings. The molecule has 6 atom stereocenters. The summed E-state index contributed by atoms with van der Waals surface area (Å²) in [7, 11) is 0. The van der Waals surface area contributed by atoms with E-state index in [2.05, 4.69) is 32.2 Å². The van der Waals surface area contributed by atoms with Crippen LogP contribution < -0.4 is 5.32 Å². The van der Waals surface area contributed by atoms with Crippen LogP contribution in [0.5, 0.6) is 0 Å². The summed E-state index contributed by atoms with van der Waals surface area (Å²) in [4.78, 5) is 23.9. The standard InChI is InChI=1S/C19H27NO2/c1-11-8-15-19(3,7-5-16(22)20-15)13-4-6-18(2)10-12(21)9-14(18)17(11)13/h8,11,13-14,17H,4-7,9-10H2,1-3H3,(H,20,22). The van der Waals surface area contributed by atoms with Crippen molar-refractivity contribution >= 4 is 11.7 Å². The Morgan fingerprint density at radius 1 is 1.18 bits per heavy atom. The zero-order valence-electron chi connectivity index (χ0n) is 13.9. The van der Waals surface area contributed by atoms with Crippen LogP contribution in [-0.4, -0.2) is 11.7 Å². The molecule has 3 fully saturated rings. The van der Waals surface area contributed by atoms with Gasteiger partial charge in [0, 0.05) is 30.4 Å². The number of allylic oxidation sites excluding steroid dienone is 2. The number of hydrogen-bond acceptors (Lipinski definition) is 2. The smallest absolute Gasteiger partial charge is 0.224 e. The van der Waals surface area contributed by atoms with Gasteiger partial charge in [-0.05, 0) is 48.3 Å². The molecule has 4 rings (SSSR count). The first-order chi connectivity index (χ1) is 10.3. The summed E-state index contributed by atoms with van der Waals surface area (Å²) in [5.74, 6) is 2.87. The molecule has 3 nitrogen and oxygen atoms in total. The molecule has 0 aromatic heterocycles. The van der Waals surface area contributed by atoms with E-state index in [-0.39, 0.29) is 16.7 Å². The first-order valence-electron chi connectivity index (χ1n) is 8.87. The lowest BCUT2D eigenvalue weighted by Gasteiger charge is -2.58. The molecule has 0 spiro atoms. The van der Waals surface area contributed by atoms with Crippen LogP contribution in [0.2, 0.25) is 0 Å². The Morgan fingerprint density at radius 3 is 2.73 bits per heavy atom. The van der Waals surface area contributed by atoms with Crippen molar-refractivity contribution < 1.29 is 9.59 Å². The summed E-state index contributed by atoms with van der Waals surface area (Å²) >= 11 is 0. The molecule has 2 saturated carbocycles. The maximum Gasteiger partial charge on any atom is 0.224 e. The van der Waals surface area contributed by atoms with Crippen LogP contribution >= 0.6 is 0 Å². The minimum atomic E-state index is 0.109. The Bertz CT molecular complexity index is 580. The molecule has 3 heteroatoms. The molecule has 0 aromatic carbocycles. The topological polar surface area (TPSA) is 46.2 Å². The molecule has 120 valence electrons. The lowest BCUT2D eigenvalue weighted by atomic mass is 9.48. The monoisotopic (exact) mass is 301 g/mol. The summed E-state index contributed by atoms with van der Waals surface area (Å²) in [6, 6.07) is 0. The van der Waals surface area contributed by atoms with Crippen LogP contribution in [0.15, 0.2) is 11.8 Å². The van der Waals surface area contributed by atoms with Gasteiger partial charge in [0.2, 0.25) is 5.91 Å². The molecule has 0 radical (unpaired) electrons. The molecule has 6 unspecified atom stereocenters. The second kappa shape index (κ2) is 4.46. The number of piperidine rings is 1. The van der Waals surface area contributed by atoms with E-state index in [4.69, 9.17) is 0 Å². The fourth-order valence-corrected chi connectivity index (χ4v) is 6.31. The normalized spacial score (nSPS) is 50.6. The van der Waals surface area contributed by atoms with Crippen molar-refractivity contribution in [3.63, 3.8) is 0 Å². The molecule has 0 aromatic rings. The molecular weight excluding hydrogens is 274 g/mol.